The van der Waals surface area contributed by atoms with Crippen LogP contribution in [-0.2, 0) is 11.8 Å². The zero-order valence-electron chi connectivity index (χ0n) is 18.6. The van der Waals surface area contributed by atoms with Crippen molar-refractivity contribution in [1.82, 2.24) is 29.3 Å². The van der Waals surface area contributed by atoms with Crippen LogP contribution < -0.4 is 4.74 Å². The molecule has 0 aromatic carbocycles. The summed E-state index contributed by atoms with van der Waals surface area (Å²) in [4.78, 5) is 18.8. The highest BCUT2D eigenvalue weighted by Crippen LogP contribution is 2.41. The minimum Gasteiger partial charge on any atom is -0.470 e. The van der Waals surface area contributed by atoms with E-state index in [-0.39, 0.29) is 12.1 Å². The lowest BCUT2D eigenvalue weighted by Gasteiger charge is -2.48. The predicted molar refractivity (Wildman–Crippen MR) is 124 cm³/mol. The summed E-state index contributed by atoms with van der Waals surface area (Å²) in [7, 11) is 3.64. The van der Waals surface area contributed by atoms with Crippen LogP contribution >= 0.6 is 22.6 Å². The molecule has 10 heteroatoms. The molecule has 166 valence electrons. The monoisotopic (exact) mass is 538 g/mol. The Balaban J connectivity index is 1.55. The van der Waals surface area contributed by atoms with Gasteiger partial charge in [-0.3, -0.25) is 4.68 Å². The minimum atomic E-state index is -0.518. The summed E-state index contributed by atoms with van der Waals surface area (Å²) in [5.74, 6) is 0.532. The van der Waals surface area contributed by atoms with Gasteiger partial charge in [0.1, 0.15) is 16.7 Å². The summed E-state index contributed by atoms with van der Waals surface area (Å²) in [5, 5.41) is 8.68. The highest BCUT2D eigenvalue weighted by Gasteiger charge is 2.47. The van der Waals surface area contributed by atoms with Crippen molar-refractivity contribution in [1.29, 1.82) is 0 Å². The number of amides is 1. The maximum absolute atomic E-state index is 12.4. The molecule has 0 atom stereocenters. The Labute approximate surface area is 194 Å². The summed E-state index contributed by atoms with van der Waals surface area (Å²) >= 11 is 2.24. The van der Waals surface area contributed by atoms with Crippen LogP contribution in [0, 0.1) is 3.57 Å². The van der Waals surface area contributed by atoms with Crippen LogP contribution in [0.4, 0.5) is 4.79 Å². The number of nitrogens with zero attached hydrogens (tertiary/aromatic N) is 6. The Morgan fingerprint density at radius 3 is 2.58 bits per heavy atom. The largest absolute Gasteiger partial charge is 0.470 e. The van der Waals surface area contributed by atoms with Crippen molar-refractivity contribution >= 4 is 34.2 Å². The molecule has 4 rings (SSSR count). The lowest BCUT2D eigenvalue weighted by Crippen LogP contribution is -2.57. The first-order chi connectivity index (χ1) is 14.4. The molecule has 0 radical (unpaired) electrons. The summed E-state index contributed by atoms with van der Waals surface area (Å²) in [6.07, 6.45) is 8.41. The molecule has 1 aliphatic carbocycles. The Morgan fingerprint density at radius 2 is 1.97 bits per heavy atom. The van der Waals surface area contributed by atoms with Gasteiger partial charge in [0, 0.05) is 44.7 Å². The highest BCUT2D eigenvalue weighted by molar-refractivity contribution is 14.1. The third-order valence-corrected chi connectivity index (χ3v) is 6.12. The van der Waals surface area contributed by atoms with Crippen LogP contribution in [0.25, 0.3) is 16.8 Å². The number of hydrogen-bond donors (Lipinski definition) is 0. The topological polar surface area (TPSA) is 86.8 Å². The second kappa shape index (κ2) is 7.64. The number of halogens is 1. The van der Waals surface area contributed by atoms with E-state index in [1.807, 2.05) is 47.1 Å². The normalized spacial score (nSPS) is 21.1. The van der Waals surface area contributed by atoms with Crippen molar-refractivity contribution in [2.75, 3.05) is 7.05 Å². The van der Waals surface area contributed by atoms with Crippen LogP contribution in [0.2, 0.25) is 0 Å². The molecule has 1 aliphatic rings. The summed E-state index contributed by atoms with van der Waals surface area (Å²) in [6.45, 7) is 7.65. The fourth-order valence-electron chi connectivity index (χ4n) is 3.72. The average Bonchev–Trinajstić information content (AvgIpc) is 3.23. The first-order valence-electron chi connectivity index (χ1n) is 10.1. The van der Waals surface area contributed by atoms with Gasteiger partial charge >= 0.3 is 6.09 Å². The molecule has 0 bridgehead atoms. The molecule has 0 saturated heterocycles. The summed E-state index contributed by atoms with van der Waals surface area (Å²) in [5.41, 5.74) is 1.51. The Hall–Kier alpha value is -2.37. The molecule has 0 N–H and O–H groups in total. The molecule has 1 saturated carbocycles. The molecule has 1 fully saturated rings. The number of hydrogen-bond acceptors (Lipinski definition) is 6. The van der Waals surface area contributed by atoms with E-state index in [0.717, 1.165) is 20.3 Å². The van der Waals surface area contributed by atoms with Crippen molar-refractivity contribution < 1.29 is 14.3 Å². The minimum absolute atomic E-state index is 0.0568. The number of fused-ring (bicyclic) bond motifs is 1. The van der Waals surface area contributed by atoms with Crippen molar-refractivity contribution in [3.8, 4) is 17.1 Å². The lowest BCUT2D eigenvalue weighted by molar-refractivity contribution is -0.0588. The molecule has 3 heterocycles. The van der Waals surface area contributed by atoms with E-state index in [2.05, 4.69) is 32.8 Å². The van der Waals surface area contributed by atoms with Gasteiger partial charge in [0.05, 0.1) is 27.9 Å². The Kier molecular flexibility index (Phi) is 5.39. The van der Waals surface area contributed by atoms with Crippen molar-refractivity contribution in [3.05, 3.63) is 28.4 Å². The molecule has 0 spiro atoms. The number of rotatable bonds is 4. The maximum Gasteiger partial charge on any atom is 0.410 e. The van der Waals surface area contributed by atoms with Gasteiger partial charge in [0.25, 0.3) is 0 Å². The molecule has 3 aromatic rings. The van der Waals surface area contributed by atoms with E-state index in [0.29, 0.717) is 18.7 Å². The fourth-order valence-corrected chi connectivity index (χ4v) is 4.32. The van der Waals surface area contributed by atoms with Crippen LogP contribution in [0.5, 0.6) is 5.88 Å². The van der Waals surface area contributed by atoms with Crippen molar-refractivity contribution in [2.45, 2.75) is 57.8 Å². The van der Waals surface area contributed by atoms with E-state index in [1.54, 1.807) is 33.5 Å². The van der Waals surface area contributed by atoms with E-state index < -0.39 is 11.2 Å². The summed E-state index contributed by atoms with van der Waals surface area (Å²) in [6, 6.07) is 0.0568. The maximum atomic E-state index is 12.4. The lowest BCUT2D eigenvalue weighted by atomic mass is 9.76. The van der Waals surface area contributed by atoms with Crippen LogP contribution in [-0.4, -0.2) is 59.7 Å². The molecular weight excluding hydrogens is 511 g/mol. The van der Waals surface area contributed by atoms with Crippen molar-refractivity contribution in [2.24, 2.45) is 7.05 Å². The van der Waals surface area contributed by atoms with Crippen LogP contribution in [0.15, 0.2) is 24.8 Å². The molecule has 31 heavy (non-hydrogen) atoms. The molecular formula is C21H27IN6O3. The van der Waals surface area contributed by atoms with Gasteiger partial charge < -0.3 is 14.4 Å². The van der Waals surface area contributed by atoms with Gasteiger partial charge in [-0.1, -0.05) is 0 Å². The van der Waals surface area contributed by atoms with Gasteiger partial charge in [0.2, 0.25) is 5.88 Å². The highest BCUT2D eigenvalue weighted by atomic mass is 127. The van der Waals surface area contributed by atoms with Crippen LogP contribution in [0.3, 0.4) is 0 Å². The van der Waals surface area contributed by atoms with Gasteiger partial charge in [-0.15, -0.1) is 0 Å². The van der Waals surface area contributed by atoms with E-state index in [9.17, 15) is 4.79 Å². The predicted octanol–water partition coefficient (Wildman–Crippen LogP) is 3.90. The number of carbonyl (C=O) groups is 1. The third-order valence-electron chi connectivity index (χ3n) is 5.33. The smallest absolute Gasteiger partial charge is 0.410 e. The zero-order valence-corrected chi connectivity index (χ0v) is 20.7. The van der Waals surface area contributed by atoms with Crippen LogP contribution in [0.1, 0.15) is 40.5 Å². The first kappa shape index (κ1) is 21.8. The number of ether oxygens (including phenoxy) is 2. The Bertz CT molecular complexity index is 1130. The van der Waals surface area contributed by atoms with Gasteiger partial charge in [0.15, 0.2) is 0 Å². The molecule has 1 amide bonds. The summed E-state index contributed by atoms with van der Waals surface area (Å²) < 4.78 is 16.4. The fraction of sp³-hybridized carbons (Fsp3) is 0.524. The molecule has 0 aliphatic heterocycles. The number of carbonyl (C=O) groups excluding carboxylic acids is 1. The van der Waals surface area contributed by atoms with E-state index in [1.165, 1.54) is 0 Å². The zero-order chi connectivity index (χ0) is 22.6. The third kappa shape index (κ3) is 4.48. The first-order valence-corrected chi connectivity index (χ1v) is 11.2. The van der Waals surface area contributed by atoms with Gasteiger partial charge in [-0.25, -0.2) is 14.3 Å². The Morgan fingerprint density at radius 1 is 1.26 bits per heavy atom. The SMILES string of the molecule is CN(C(=O)OC(C)(C)C)C1CC(C)(Oc2nc(-c3cnn(C)c3)cn3ncc(I)c23)C1. The quantitative estimate of drug-likeness (QED) is 0.469. The molecule has 0 unspecified atom stereocenters. The standard InChI is InChI=1S/C21H27IN6O3/c1-20(2,3)31-19(29)27(6)14-7-21(4,8-14)30-18-17-15(22)10-24-28(17)12-16(25-18)13-9-23-26(5)11-13/h9-12,14H,7-8H2,1-6H3. The van der Waals surface area contributed by atoms with E-state index in [4.69, 9.17) is 14.5 Å². The molecule has 3 aromatic heterocycles. The second-order valence-corrected chi connectivity index (χ2v) is 10.5. The average molecular weight is 538 g/mol. The second-order valence-electron chi connectivity index (χ2n) is 9.32. The molecule has 9 nitrogen and oxygen atoms in total. The number of aryl methyl sites for hydroxylation is 1. The number of aromatic nitrogens is 5. The van der Waals surface area contributed by atoms with Crippen molar-refractivity contribution in [3.63, 3.8) is 0 Å². The van der Waals surface area contributed by atoms with E-state index >= 15 is 0 Å². The van der Waals surface area contributed by atoms with Gasteiger partial charge in [-0.2, -0.15) is 10.2 Å². The van der Waals surface area contributed by atoms with Gasteiger partial charge in [-0.05, 0) is 50.3 Å².